The van der Waals surface area contributed by atoms with Gasteiger partial charge in [0.25, 0.3) is 0 Å². The zero-order valence-corrected chi connectivity index (χ0v) is 7.81. The number of carboxylic acid groups (broad SMARTS) is 2. The van der Waals surface area contributed by atoms with Gasteiger partial charge in [-0.2, -0.15) is 0 Å². The van der Waals surface area contributed by atoms with Crippen LogP contribution in [-0.2, 0) is 9.59 Å². The van der Waals surface area contributed by atoms with Crippen LogP contribution >= 0.6 is 0 Å². The summed E-state index contributed by atoms with van der Waals surface area (Å²) in [5, 5.41) is 17.1. The molecule has 1 atom stereocenters. The third-order valence-corrected chi connectivity index (χ3v) is 1.65. The SMILES string of the molecule is O=C(O)C(C[NH+]1C=CN=C1)C(=O)O.[Cl-]. The summed E-state index contributed by atoms with van der Waals surface area (Å²) in [5.41, 5.74) is 0. The second-order valence-electron chi connectivity index (χ2n) is 2.60. The van der Waals surface area contributed by atoms with E-state index in [4.69, 9.17) is 10.2 Å². The van der Waals surface area contributed by atoms with E-state index >= 15 is 0 Å². The molecular weight excluding hydrogens is 212 g/mol. The number of halogens is 1. The Bertz CT molecular complexity index is 263. The maximum atomic E-state index is 10.5. The van der Waals surface area contributed by atoms with Crippen LogP contribution in [0.3, 0.4) is 0 Å². The smallest absolute Gasteiger partial charge is 0.323 e. The standard InChI is InChI=1S/C7H8N2O4.ClH/c10-6(11)5(7(12)13)3-9-2-1-8-4-9;/h1-2,4-5H,3H2,(H,10,11)(H,12,13);1H. The number of aliphatic carboxylic acids is 2. The Morgan fingerprint density at radius 1 is 1.36 bits per heavy atom. The zero-order valence-electron chi connectivity index (χ0n) is 7.05. The lowest BCUT2D eigenvalue weighted by atomic mass is 10.1. The van der Waals surface area contributed by atoms with Gasteiger partial charge < -0.3 is 22.6 Å². The molecule has 1 aliphatic rings. The van der Waals surface area contributed by atoms with Crippen molar-refractivity contribution >= 4 is 18.3 Å². The molecule has 0 aromatic rings. The predicted octanol–water partition coefficient (Wildman–Crippen LogP) is -4.83. The number of carbonyl (C=O) groups is 2. The van der Waals surface area contributed by atoms with Crippen molar-refractivity contribution in [2.45, 2.75) is 0 Å². The summed E-state index contributed by atoms with van der Waals surface area (Å²) in [6, 6.07) is 0. The highest BCUT2D eigenvalue weighted by Gasteiger charge is 2.30. The first-order valence-corrected chi connectivity index (χ1v) is 3.62. The van der Waals surface area contributed by atoms with Crippen molar-refractivity contribution < 1.29 is 37.1 Å². The molecule has 0 saturated carbocycles. The monoisotopic (exact) mass is 220 g/mol. The highest BCUT2D eigenvalue weighted by molar-refractivity contribution is 5.93. The molecule has 1 aliphatic heterocycles. The first kappa shape index (κ1) is 12.6. The number of nitrogens with zero attached hydrogens (tertiary/aromatic N) is 1. The van der Waals surface area contributed by atoms with Gasteiger partial charge in [0.1, 0.15) is 12.7 Å². The topological polar surface area (TPSA) is 91.4 Å². The second-order valence-corrected chi connectivity index (χ2v) is 2.60. The van der Waals surface area contributed by atoms with E-state index in [9.17, 15) is 9.59 Å². The van der Waals surface area contributed by atoms with Crippen molar-refractivity contribution in [2.24, 2.45) is 10.9 Å². The number of quaternary nitrogens is 1. The summed E-state index contributed by atoms with van der Waals surface area (Å²) in [7, 11) is 0. The molecule has 78 valence electrons. The number of hydrogen-bond donors (Lipinski definition) is 3. The van der Waals surface area contributed by atoms with Gasteiger partial charge in [-0.05, 0) is 0 Å². The fraction of sp³-hybridized carbons (Fsp3) is 0.286. The molecular formula is C7H9ClN2O4. The summed E-state index contributed by atoms with van der Waals surface area (Å²) in [4.78, 5) is 25.3. The fourth-order valence-electron chi connectivity index (χ4n) is 0.957. The molecule has 0 spiro atoms. The van der Waals surface area contributed by atoms with Crippen LogP contribution in [0.5, 0.6) is 0 Å². The molecule has 0 radical (unpaired) electrons. The van der Waals surface area contributed by atoms with Crippen molar-refractivity contribution in [2.75, 3.05) is 6.54 Å². The fourth-order valence-corrected chi connectivity index (χ4v) is 0.957. The van der Waals surface area contributed by atoms with E-state index < -0.39 is 17.9 Å². The molecule has 1 rings (SSSR count). The number of hydrogen-bond acceptors (Lipinski definition) is 3. The Labute approximate surface area is 86.0 Å². The maximum Gasteiger partial charge on any atom is 0.323 e. The van der Waals surface area contributed by atoms with Gasteiger partial charge in [-0.1, -0.05) is 0 Å². The van der Waals surface area contributed by atoms with Crippen LogP contribution in [0.25, 0.3) is 0 Å². The van der Waals surface area contributed by atoms with E-state index in [0.717, 1.165) is 0 Å². The summed E-state index contributed by atoms with van der Waals surface area (Å²) >= 11 is 0. The lowest BCUT2D eigenvalue weighted by Crippen LogP contribution is -3.06. The quantitative estimate of drug-likeness (QED) is 0.415. The minimum absolute atomic E-state index is 0. The van der Waals surface area contributed by atoms with E-state index in [1.54, 1.807) is 6.20 Å². The highest BCUT2D eigenvalue weighted by Crippen LogP contribution is 1.93. The predicted molar refractivity (Wildman–Crippen MR) is 42.2 cm³/mol. The molecule has 0 aromatic carbocycles. The maximum absolute atomic E-state index is 10.5. The van der Waals surface area contributed by atoms with Crippen molar-refractivity contribution in [1.82, 2.24) is 0 Å². The number of nitrogens with one attached hydrogen (secondary N) is 1. The minimum Gasteiger partial charge on any atom is -1.00 e. The molecule has 0 aromatic heterocycles. The first-order chi connectivity index (χ1) is 6.11. The second kappa shape index (κ2) is 5.36. The van der Waals surface area contributed by atoms with E-state index in [1.165, 1.54) is 12.5 Å². The molecule has 0 amide bonds. The van der Waals surface area contributed by atoms with Crippen LogP contribution in [-0.4, -0.2) is 35.0 Å². The lowest BCUT2D eigenvalue weighted by Gasteiger charge is -2.08. The lowest BCUT2D eigenvalue weighted by molar-refractivity contribution is -0.738. The number of carboxylic acids is 2. The first-order valence-electron chi connectivity index (χ1n) is 3.62. The van der Waals surface area contributed by atoms with E-state index in [2.05, 4.69) is 4.99 Å². The Morgan fingerprint density at radius 2 is 1.93 bits per heavy atom. The Balaban J connectivity index is 0.00000169. The third kappa shape index (κ3) is 3.15. The van der Waals surface area contributed by atoms with Crippen LogP contribution in [0.2, 0.25) is 0 Å². The van der Waals surface area contributed by atoms with Gasteiger partial charge in [-0.15, -0.1) is 0 Å². The number of rotatable bonds is 4. The van der Waals surface area contributed by atoms with Crippen LogP contribution in [0.4, 0.5) is 0 Å². The Hall–Kier alpha value is -1.40. The molecule has 0 saturated heterocycles. The molecule has 6 nitrogen and oxygen atoms in total. The van der Waals surface area contributed by atoms with Crippen LogP contribution in [0, 0.1) is 5.92 Å². The normalized spacial score (nSPS) is 18.2. The van der Waals surface area contributed by atoms with Crippen LogP contribution in [0.15, 0.2) is 17.4 Å². The molecule has 14 heavy (non-hydrogen) atoms. The van der Waals surface area contributed by atoms with Crippen molar-refractivity contribution in [3.63, 3.8) is 0 Å². The molecule has 0 fully saturated rings. The van der Waals surface area contributed by atoms with Gasteiger partial charge >= 0.3 is 11.9 Å². The van der Waals surface area contributed by atoms with Crippen LogP contribution < -0.4 is 17.3 Å². The Kier molecular flexibility index (Phi) is 4.82. The van der Waals surface area contributed by atoms with Gasteiger partial charge in [0.15, 0.2) is 6.34 Å². The minimum atomic E-state index is -1.39. The van der Waals surface area contributed by atoms with Crippen molar-refractivity contribution in [3.05, 3.63) is 12.4 Å². The third-order valence-electron chi connectivity index (χ3n) is 1.65. The highest BCUT2D eigenvalue weighted by atomic mass is 35.5. The molecule has 0 aliphatic carbocycles. The average Bonchev–Trinajstić information content (AvgIpc) is 2.50. The zero-order chi connectivity index (χ0) is 9.84. The largest absolute Gasteiger partial charge is 1.00 e. The molecule has 1 heterocycles. The summed E-state index contributed by atoms with van der Waals surface area (Å²) in [5.74, 6) is -4.04. The van der Waals surface area contributed by atoms with Gasteiger partial charge in [-0.3, -0.25) is 14.5 Å². The molecule has 1 unspecified atom stereocenters. The molecule has 3 N–H and O–H groups in total. The molecule has 0 bridgehead atoms. The molecule has 7 heteroatoms. The average molecular weight is 221 g/mol. The van der Waals surface area contributed by atoms with Gasteiger partial charge in [0, 0.05) is 0 Å². The van der Waals surface area contributed by atoms with E-state index in [1.807, 2.05) is 0 Å². The van der Waals surface area contributed by atoms with E-state index in [0.29, 0.717) is 4.90 Å². The van der Waals surface area contributed by atoms with Crippen LogP contribution in [0.1, 0.15) is 0 Å². The summed E-state index contributed by atoms with van der Waals surface area (Å²) in [6.45, 7) is -0.0231. The van der Waals surface area contributed by atoms with Gasteiger partial charge in [0.2, 0.25) is 5.92 Å². The van der Waals surface area contributed by atoms with Crippen molar-refractivity contribution in [3.8, 4) is 0 Å². The summed E-state index contributed by atoms with van der Waals surface area (Å²) in [6.07, 6.45) is 4.55. The number of aliphatic imine (C=N–C) groups is 1. The van der Waals surface area contributed by atoms with Gasteiger partial charge in [0.05, 0.1) is 6.20 Å². The summed E-state index contributed by atoms with van der Waals surface area (Å²) < 4.78 is 0. The van der Waals surface area contributed by atoms with Gasteiger partial charge in [-0.25, -0.2) is 4.99 Å². The Morgan fingerprint density at radius 3 is 2.29 bits per heavy atom. The van der Waals surface area contributed by atoms with E-state index in [-0.39, 0.29) is 19.0 Å². The van der Waals surface area contributed by atoms with Crippen molar-refractivity contribution in [1.29, 1.82) is 0 Å².